The van der Waals surface area contributed by atoms with E-state index in [4.69, 9.17) is 0 Å². The molecule has 0 aliphatic carbocycles. The number of benzene rings is 2. The molecule has 0 spiro atoms. The van der Waals surface area contributed by atoms with Gasteiger partial charge in [-0.15, -0.1) is 0 Å². The van der Waals surface area contributed by atoms with E-state index in [-0.39, 0.29) is 18.4 Å². The second kappa shape index (κ2) is 7.96. The second-order valence-corrected chi connectivity index (χ2v) is 6.31. The lowest BCUT2D eigenvalue weighted by Gasteiger charge is -2.13. The van der Waals surface area contributed by atoms with E-state index in [1.165, 1.54) is 0 Å². The molecule has 0 fully saturated rings. The third-order valence-electron chi connectivity index (χ3n) is 3.20. The summed E-state index contributed by atoms with van der Waals surface area (Å²) in [7, 11) is 3.90. The van der Waals surface area contributed by atoms with Gasteiger partial charge in [0.15, 0.2) is 0 Å². The van der Waals surface area contributed by atoms with Crippen LogP contribution in [0.1, 0.15) is 10.4 Å². The van der Waals surface area contributed by atoms with Crippen LogP contribution in [0.2, 0.25) is 0 Å². The van der Waals surface area contributed by atoms with Gasteiger partial charge in [0, 0.05) is 29.0 Å². The van der Waals surface area contributed by atoms with E-state index in [1.807, 2.05) is 55.4 Å². The Labute approximate surface area is 149 Å². The molecule has 2 aromatic carbocycles. The summed E-state index contributed by atoms with van der Waals surface area (Å²) in [4.78, 5) is 25.9. The van der Waals surface area contributed by atoms with Gasteiger partial charge in [0.2, 0.25) is 5.91 Å². The molecule has 0 saturated heterocycles. The summed E-state index contributed by atoms with van der Waals surface area (Å²) >= 11 is 2.09. The van der Waals surface area contributed by atoms with Crippen LogP contribution in [0.3, 0.4) is 0 Å². The first-order chi connectivity index (χ1) is 11.0. The molecule has 2 N–H and O–H groups in total. The zero-order chi connectivity index (χ0) is 16.8. The number of rotatable bonds is 5. The average molecular weight is 423 g/mol. The number of carbonyl (C=O) groups is 2. The second-order valence-electron chi connectivity index (χ2n) is 5.15. The summed E-state index contributed by atoms with van der Waals surface area (Å²) in [5.41, 5.74) is 2.32. The van der Waals surface area contributed by atoms with Gasteiger partial charge in [-0.2, -0.15) is 0 Å². The van der Waals surface area contributed by atoms with Gasteiger partial charge >= 0.3 is 0 Å². The molecule has 0 aromatic heterocycles. The van der Waals surface area contributed by atoms with Gasteiger partial charge in [0.05, 0.1) is 12.1 Å². The number of anilines is 2. The first-order valence-electron chi connectivity index (χ1n) is 7.07. The molecule has 2 aromatic rings. The molecule has 0 unspecified atom stereocenters. The Morgan fingerprint density at radius 3 is 2.30 bits per heavy atom. The summed E-state index contributed by atoms with van der Waals surface area (Å²) in [6.07, 6.45) is 0. The Morgan fingerprint density at radius 1 is 1.04 bits per heavy atom. The van der Waals surface area contributed by atoms with E-state index in [2.05, 4.69) is 33.2 Å². The Kier molecular flexibility index (Phi) is 5.97. The predicted molar refractivity (Wildman–Crippen MR) is 101 cm³/mol. The molecule has 5 nitrogen and oxygen atoms in total. The Hall–Kier alpha value is -2.09. The summed E-state index contributed by atoms with van der Waals surface area (Å²) in [6.45, 7) is -0.0702. The molecule has 0 heterocycles. The topological polar surface area (TPSA) is 61.4 Å². The highest BCUT2D eigenvalue weighted by molar-refractivity contribution is 14.1. The lowest BCUT2D eigenvalue weighted by atomic mass is 10.2. The smallest absolute Gasteiger partial charge is 0.252 e. The standard InChI is InChI=1S/C17H18IN3O2/c1-21(2)13-9-7-12(8-10-13)20-16(22)11-19-17(23)14-5-3-4-6-15(14)18/h3-10H,11H2,1-2H3,(H,19,23)(H,20,22). The number of hydrogen-bond acceptors (Lipinski definition) is 3. The maximum Gasteiger partial charge on any atom is 0.252 e. The van der Waals surface area contributed by atoms with Crippen molar-refractivity contribution >= 4 is 45.8 Å². The Balaban J connectivity index is 1.88. The molecular formula is C17H18IN3O2. The van der Waals surface area contributed by atoms with Crippen molar-refractivity contribution in [1.29, 1.82) is 0 Å². The van der Waals surface area contributed by atoms with E-state index < -0.39 is 0 Å². The van der Waals surface area contributed by atoms with Crippen LogP contribution < -0.4 is 15.5 Å². The van der Waals surface area contributed by atoms with Crippen LogP contribution in [0.25, 0.3) is 0 Å². The van der Waals surface area contributed by atoms with Gasteiger partial charge in [-0.05, 0) is 59.0 Å². The Morgan fingerprint density at radius 2 is 1.70 bits per heavy atom. The summed E-state index contributed by atoms with van der Waals surface area (Å²) in [5.74, 6) is -0.519. The number of amides is 2. The molecule has 6 heteroatoms. The fraction of sp³-hybridized carbons (Fsp3) is 0.176. The van der Waals surface area contributed by atoms with Gasteiger partial charge in [0.1, 0.15) is 0 Å². The Bertz CT molecular complexity index is 699. The largest absolute Gasteiger partial charge is 0.378 e. The highest BCUT2D eigenvalue weighted by atomic mass is 127. The highest BCUT2D eigenvalue weighted by Crippen LogP contribution is 2.15. The summed E-state index contributed by atoms with van der Waals surface area (Å²) in [5, 5.41) is 5.38. The normalized spacial score (nSPS) is 10.0. The molecule has 120 valence electrons. The van der Waals surface area contributed by atoms with Crippen molar-refractivity contribution < 1.29 is 9.59 Å². The molecule has 2 amide bonds. The van der Waals surface area contributed by atoms with Crippen LogP contribution in [0, 0.1) is 3.57 Å². The maximum absolute atomic E-state index is 12.0. The fourth-order valence-electron chi connectivity index (χ4n) is 1.95. The van der Waals surface area contributed by atoms with E-state index in [1.54, 1.807) is 12.1 Å². The first kappa shape index (κ1) is 17.3. The first-order valence-corrected chi connectivity index (χ1v) is 8.15. The third kappa shape index (κ3) is 4.95. The molecule has 0 radical (unpaired) electrons. The van der Waals surface area contributed by atoms with Crippen molar-refractivity contribution in [3.8, 4) is 0 Å². The number of halogens is 1. The van der Waals surface area contributed by atoms with Crippen molar-refractivity contribution in [2.24, 2.45) is 0 Å². The number of nitrogens with zero attached hydrogens (tertiary/aromatic N) is 1. The average Bonchev–Trinajstić information content (AvgIpc) is 2.53. The van der Waals surface area contributed by atoms with Crippen LogP contribution >= 0.6 is 22.6 Å². The minimum absolute atomic E-state index is 0.0702. The highest BCUT2D eigenvalue weighted by Gasteiger charge is 2.10. The number of hydrogen-bond donors (Lipinski definition) is 2. The van der Waals surface area contributed by atoms with Crippen molar-refractivity contribution in [2.75, 3.05) is 30.9 Å². The van der Waals surface area contributed by atoms with E-state index in [0.29, 0.717) is 11.3 Å². The fourth-order valence-corrected chi connectivity index (χ4v) is 2.58. The molecule has 0 aliphatic rings. The molecule has 0 atom stereocenters. The lowest BCUT2D eigenvalue weighted by molar-refractivity contribution is -0.115. The van der Waals surface area contributed by atoms with Gasteiger partial charge in [-0.1, -0.05) is 12.1 Å². The lowest BCUT2D eigenvalue weighted by Crippen LogP contribution is -2.33. The van der Waals surface area contributed by atoms with E-state index >= 15 is 0 Å². The molecule has 0 aliphatic heterocycles. The maximum atomic E-state index is 12.0. The molecule has 0 bridgehead atoms. The molecule has 2 rings (SSSR count). The van der Waals surface area contributed by atoms with Crippen LogP contribution in [0.15, 0.2) is 48.5 Å². The van der Waals surface area contributed by atoms with Crippen molar-refractivity contribution in [3.63, 3.8) is 0 Å². The third-order valence-corrected chi connectivity index (χ3v) is 4.14. The molecule has 23 heavy (non-hydrogen) atoms. The zero-order valence-electron chi connectivity index (χ0n) is 13.0. The van der Waals surface area contributed by atoms with Crippen LogP contribution in [-0.4, -0.2) is 32.5 Å². The quantitative estimate of drug-likeness (QED) is 0.728. The minimum atomic E-state index is -0.262. The van der Waals surface area contributed by atoms with Crippen molar-refractivity contribution in [3.05, 3.63) is 57.7 Å². The number of nitrogens with one attached hydrogen (secondary N) is 2. The zero-order valence-corrected chi connectivity index (χ0v) is 15.1. The van der Waals surface area contributed by atoms with Gasteiger partial charge < -0.3 is 15.5 Å². The van der Waals surface area contributed by atoms with Gasteiger partial charge in [-0.25, -0.2) is 0 Å². The SMILES string of the molecule is CN(C)c1ccc(NC(=O)CNC(=O)c2ccccc2I)cc1. The van der Waals surface area contributed by atoms with Gasteiger partial charge in [0.25, 0.3) is 5.91 Å². The van der Waals surface area contributed by atoms with E-state index in [9.17, 15) is 9.59 Å². The van der Waals surface area contributed by atoms with Crippen molar-refractivity contribution in [1.82, 2.24) is 5.32 Å². The summed E-state index contributed by atoms with van der Waals surface area (Å²) in [6, 6.07) is 14.7. The monoisotopic (exact) mass is 423 g/mol. The number of carbonyl (C=O) groups excluding carboxylic acids is 2. The van der Waals surface area contributed by atoms with E-state index in [0.717, 1.165) is 9.26 Å². The predicted octanol–water partition coefficient (Wildman–Crippen LogP) is 2.73. The van der Waals surface area contributed by atoms with Crippen LogP contribution in [-0.2, 0) is 4.79 Å². The molecule has 0 saturated carbocycles. The van der Waals surface area contributed by atoms with Crippen molar-refractivity contribution in [2.45, 2.75) is 0 Å². The van der Waals surface area contributed by atoms with Crippen LogP contribution in [0.4, 0.5) is 11.4 Å². The minimum Gasteiger partial charge on any atom is -0.378 e. The summed E-state index contributed by atoms with van der Waals surface area (Å²) < 4.78 is 0.849. The molecular weight excluding hydrogens is 405 g/mol. The van der Waals surface area contributed by atoms with Gasteiger partial charge in [-0.3, -0.25) is 9.59 Å². The van der Waals surface area contributed by atoms with Crippen LogP contribution in [0.5, 0.6) is 0 Å².